The van der Waals surface area contributed by atoms with Crippen LogP contribution in [-0.2, 0) is 20.9 Å². The lowest BCUT2D eigenvalue weighted by Crippen LogP contribution is -2.39. The second-order valence-corrected chi connectivity index (χ2v) is 6.97. The Bertz CT molecular complexity index is 819. The number of benzene rings is 2. The van der Waals surface area contributed by atoms with E-state index in [9.17, 15) is 9.59 Å². The van der Waals surface area contributed by atoms with E-state index in [0.717, 1.165) is 16.9 Å². The smallest absolute Gasteiger partial charge is 0.322 e. The summed E-state index contributed by atoms with van der Waals surface area (Å²) in [7, 11) is 1.60. The average Bonchev–Trinajstić information content (AvgIpc) is 3.44. The molecule has 142 valence electrons. The second-order valence-electron chi connectivity index (χ2n) is 6.53. The molecule has 2 unspecified atom stereocenters. The summed E-state index contributed by atoms with van der Waals surface area (Å²) in [6.07, 6.45) is 0.432. The predicted octanol–water partition coefficient (Wildman–Crippen LogP) is 3.70. The van der Waals surface area contributed by atoms with Crippen molar-refractivity contribution in [3.63, 3.8) is 0 Å². The van der Waals surface area contributed by atoms with Crippen LogP contribution in [0, 0.1) is 5.41 Å². The number of esters is 1. The van der Waals surface area contributed by atoms with Crippen molar-refractivity contribution in [2.75, 3.05) is 13.7 Å². The van der Waals surface area contributed by atoms with Gasteiger partial charge >= 0.3 is 5.97 Å². The molecule has 0 aromatic heterocycles. The number of nitrogens with one attached hydrogen (secondary N) is 1. The maximum Gasteiger partial charge on any atom is 0.322 e. The summed E-state index contributed by atoms with van der Waals surface area (Å²) in [6.45, 7) is 2.30. The molecule has 1 N–H and O–H groups in total. The highest BCUT2D eigenvalue weighted by Gasteiger charge is 2.67. The van der Waals surface area contributed by atoms with Crippen molar-refractivity contribution in [2.24, 2.45) is 5.41 Å². The molecule has 2 aromatic carbocycles. The number of hydrogen-bond donors (Lipinski definition) is 1. The minimum absolute atomic E-state index is 0.204. The van der Waals surface area contributed by atoms with E-state index < -0.39 is 11.4 Å². The molecule has 0 heterocycles. The van der Waals surface area contributed by atoms with Gasteiger partial charge in [0.15, 0.2) is 5.41 Å². The highest BCUT2D eigenvalue weighted by molar-refractivity contribution is 6.30. The van der Waals surface area contributed by atoms with Gasteiger partial charge in [-0.3, -0.25) is 9.59 Å². The molecule has 0 spiro atoms. The largest absolute Gasteiger partial charge is 0.497 e. The van der Waals surface area contributed by atoms with Crippen LogP contribution in [0.25, 0.3) is 0 Å². The highest BCUT2D eigenvalue weighted by atomic mass is 35.5. The lowest BCUT2D eigenvalue weighted by molar-refractivity contribution is -0.154. The van der Waals surface area contributed by atoms with Gasteiger partial charge in [-0.25, -0.2) is 0 Å². The Kier molecular flexibility index (Phi) is 5.71. The second kappa shape index (κ2) is 8.01. The zero-order chi connectivity index (χ0) is 19.4. The van der Waals surface area contributed by atoms with Crippen molar-refractivity contribution in [3.8, 4) is 5.75 Å². The van der Waals surface area contributed by atoms with Crippen LogP contribution < -0.4 is 10.1 Å². The summed E-state index contributed by atoms with van der Waals surface area (Å²) < 4.78 is 10.3. The van der Waals surface area contributed by atoms with E-state index >= 15 is 0 Å². The van der Waals surface area contributed by atoms with Crippen LogP contribution in [0.5, 0.6) is 5.75 Å². The van der Waals surface area contributed by atoms with Gasteiger partial charge in [-0.15, -0.1) is 0 Å². The van der Waals surface area contributed by atoms with E-state index in [-0.39, 0.29) is 18.4 Å². The number of methoxy groups -OCH3 is 1. The van der Waals surface area contributed by atoms with Crippen LogP contribution in [0.15, 0.2) is 48.5 Å². The van der Waals surface area contributed by atoms with Gasteiger partial charge in [-0.1, -0.05) is 35.9 Å². The van der Waals surface area contributed by atoms with Crippen molar-refractivity contribution < 1.29 is 19.1 Å². The SMILES string of the molecule is CCOC(=O)C1(C(=O)NCc2ccc(OC)cc2)CC1c1ccc(Cl)cc1. The predicted molar refractivity (Wildman–Crippen MR) is 103 cm³/mol. The third-order valence-electron chi connectivity index (χ3n) is 4.89. The first-order valence-corrected chi connectivity index (χ1v) is 9.23. The number of hydrogen-bond acceptors (Lipinski definition) is 4. The Morgan fingerprint density at radius 3 is 2.41 bits per heavy atom. The summed E-state index contributed by atoms with van der Waals surface area (Å²) in [5.41, 5.74) is 0.662. The lowest BCUT2D eigenvalue weighted by atomic mass is 9.97. The summed E-state index contributed by atoms with van der Waals surface area (Å²) in [5.74, 6) is -0.239. The number of rotatable bonds is 7. The van der Waals surface area contributed by atoms with E-state index in [4.69, 9.17) is 21.1 Å². The number of carbonyl (C=O) groups is 2. The van der Waals surface area contributed by atoms with Gasteiger partial charge in [-0.2, -0.15) is 0 Å². The molecule has 1 saturated carbocycles. The third-order valence-corrected chi connectivity index (χ3v) is 5.14. The zero-order valence-corrected chi connectivity index (χ0v) is 16.1. The minimum atomic E-state index is -1.17. The van der Waals surface area contributed by atoms with E-state index in [1.807, 2.05) is 36.4 Å². The fraction of sp³-hybridized carbons (Fsp3) is 0.333. The van der Waals surface area contributed by atoms with Gasteiger partial charge in [0.05, 0.1) is 13.7 Å². The van der Waals surface area contributed by atoms with E-state index in [0.29, 0.717) is 18.0 Å². The van der Waals surface area contributed by atoms with Gasteiger partial charge in [0.2, 0.25) is 5.91 Å². The van der Waals surface area contributed by atoms with Crippen LogP contribution in [0.1, 0.15) is 30.4 Å². The molecule has 0 saturated heterocycles. The monoisotopic (exact) mass is 387 g/mol. The van der Waals surface area contributed by atoms with Crippen LogP contribution in [0.3, 0.4) is 0 Å². The van der Waals surface area contributed by atoms with E-state index in [1.165, 1.54) is 0 Å². The Morgan fingerprint density at radius 2 is 1.81 bits per heavy atom. The summed E-state index contributed by atoms with van der Waals surface area (Å²) in [6, 6.07) is 14.6. The first-order valence-electron chi connectivity index (χ1n) is 8.85. The van der Waals surface area contributed by atoms with Crippen molar-refractivity contribution in [2.45, 2.75) is 25.8 Å². The van der Waals surface area contributed by atoms with Gasteiger partial charge in [0, 0.05) is 17.5 Å². The zero-order valence-electron chi connectivity index (χ0n) is 15.3. The van der Waals surface area contributed by atoms with Crippen molar-refractivity contribution in [3.05, 3.63) is 64.7 Å². The number of halogens is 1. The lowest BCUT2D eigenvalue weighted by Gasteiger charge is -2.16. The minimum Gasteiger partial charge on any atom is -0.497 e. The van der Waals surface area contributed by atoms with Crippen LogP contribution >= 0.6 is 11.6 Å². The van der Waals surface area contributed by atoms with Crippen LogP contribution in [0.4, 0.5) is 0 Å². The molecule has 5 nitrogen and oxygen atoms in total. The average molecular weight is 388 g/mol. The standard InChI is InChI=1S/C21H22ClNO4/c1-3-27-20(25)21(12-18(21)15-6-8-16(22)9-7-15)19(24)23-13-14-4-10-17(26-2)11-5-14/h4-11,18H,3,12-13H2,1-2H3,(H,23,24). The molecule has 1 fully saturated rings. The molecule has 0 bridgehead atoms. The number of carbonyl (C=O) groups excluding carboxylic acids is 2. The van der Waals surface area contributed by atoms with Gasteiger partial charge in [-0.05, 0) is 48.7 Å². The first-order chi connectivity index (χ1) is 13.0. The quantitative estimate of drug-likeness (QED) is 0.581. The Balaban J connectivity index is 1.74. The summed E-state index contributed by atoms with van der Waals surface area (Å²) in [5, 5.41) is 3.50. The van der Waals surface area contributed by atoms with Crippen molar-refractivity contribution >= 4 is 23.5 Å². The van der Waals surface area contributed by atoms with Crippen LogP contribution in [0.2, 0.25) is 5.02 Å². The van der Waals surface area contributed by atoms with Crippen molar-refractivity contribution in [1.29, 1.82) is 0 Å². The van der Waals surface area contributed by atoms with Gasteiger partial charge in [0.25, 0.3) is 0 Å². The number of amides is 1. The highest BCUT2D eigenvalue weighted by Crippen LogP contribution is 2.60. The molecule has 27 heavy (non-hydrogen) atoms. The normalized spacial score (nSPS) is 20.6. The topological polar surface area (TPSA) is 64.6 Å². The Hall–Kier alpha value is -2.53. The number of ether oxygens (including phenoxy) is 2. The van der Waals surface area contributed by atoms with Gasteiger partial charge < -0.3 is 14.8 Å². The molecule has 2 atom stereocenters. The third kappa shape index (κ3) is 3.93. The Morgan fingerprint density at radius 1 is 1.15 bits per heavy atom. The molecule has 6 heteroatoms. The Labute approximate surface area is 163 Å². The summed E-state index contributed by atoms with van der Waals surface area (Å²) >= 11 is 5.94. The molecule has 3 rings (SSSR count). The fourth-order valence-electron chi connectivity index (χ4n) is 3.27. The maximum atomic E-state index is 12.9. The maximum absolute atomic E-state index is 12.9. The first kappa shape index (κ1) is 19.2. The molecule has 0 aliphatic heterocycles. The fourth-order valence-corrected chi connectivity index (χ4v) is 3.40. The molecule has 2 aromatic rings. The van der Waals surface area contributed by atoms with E-state index in [2.05, 4.69) is 5.32 Å². The molecular weight excluding hydrogens is 366 g/mol. The van der Waals surface area contributed by atoms with Gasteiger partial charge in [0.1, 0.15) is 5.75 Å². The molecule has 0 radical (unpaired) electrons. The summed E-state index contributed by atoms with van der Waals surface area (Å²) in [4.78, 5) is 25.5. The van der Waals surface area contributed by atoms with Crippen LogP contribution in [-0.4, -0.2) is 25.6 Å². The molecule has 1 aliphatic rings. The molecule has 1 amide bonds. The van der Waals surface area contributed by atoms with E-state index in [1.54, 1.807) is 26.2 Å². The molecule has 1 aliphatic carbocycles. The molecular formula is C21H22ClNO4. The van der Waals surface area contributed by atoms with Crippen molar-refractivity contribution in [1.82, 2.24) is 5.32 Å².